The number of esters is 1. The van der Waals surface area contributed by atoms with Crippen LogP contribution in [0.25, 0.3) is 0 Å². The number of carbonyl (C=O) groups is 1. The molecule has 0 fully saturated rings. The largest absolute Gasteiger partial charge is 0.497 e. The Morgan fingerprint density at radius 1 is 0.962 bits per heavy atom. The van der Waals surface area contributed by atoms with Gasteiger partial charge in [-0.15, -0.1) is 0 Å². The minimum atomic E-state index is -0.312. The first-order valence-electron chi connectivity index (χ1n) is 8.08. The van der Waals surface area contributed by atoms with Crippen LogP contribution in [0.4, 0.5) is 0 Å². The fourth-order valence-electron chi connectivity index (χ4n) is 2.57. The van der Waals surface area contributed by atoms with Crippen LogP contribution in [0.1, 0.15) is 16.7 Å². The molecule has 0 aliphatic carbocycles. The lowest BCUT2D eigenvalue weighted by molar-refractivity contribution is -0.142. The van der Waals surface area contributed by atoms with E-state index in [1.165, 1.54) is 7.11 Å². The average Bonchev–Trinajstić information content (AvgIpc) is 2.67. The molecule has 2 rings (SSSR count). The highest BCUT2D eigenvalue weighted by Crippen LogP contribution is 2.24. The van der Waals surface area contributed by atoms with Crippen LogP contribution in [0.15, 0.2) is 42.5 Å². The molecule has 0 spiro atoms. The van der Waals surface area contributed by atoms with Crippen molar-refractivity contribution in [3.05, 3.63) is 59.2 Å². The van der Waals surface area contributed by atoms with Gasteiger partial charge in [-0.2, -0.15) is 5.26 Å². The zero-order valence-corrected chi connectivity index (χ0v) is 15.2. The lowest BCUT2D eigenvalue weighted by Gasteiger charge is -2.22. The number of hydrogen-bond acceptors (Lipinski definition) is 6. The summed E-state index contributed by atoms with van der Waals surface area (Å²) in [4.78, 5) is 13.8. The van der Waals surface area contributed by atoms with E-state index in [0.717, 1.165) is 11.1 Å². The van der Waals surface area contributed by atoms with E-state index in [4.69, 9.17) is 19.5 Å². The minimum absolute atomic E-state index is 0.149. The van der Waals surface area contributed by atoms with Crippen LogP contribution in [-0.4, -0.2) is 38.7 Å². The number of hydrogen-bond donors (Lipinski definition) is 0. The van der Waals surface area contributed by atoms with Crippen molar-refractivity contribution in [2.75, 3.05) is 27.9 Å². The van der Waals surface area contributed by atoms with E-state index in [2.05, 4.69) is 6.07 Å². The quantitative estimate of drug-likeness (QED) is 0.679. The van der Waals surface area contributed by atoms with Crippen LogP contribution in [0.5, 0.6) is 11.5 Å². The number of rotatable bonds is 8. The van der Waals surface area contributed by atoms with Crippen molar-refractivity contribution in [3.8, 4) is 17.6 Å². The van der Waals surface area contributed by atoms with Gasteiger partial charge < -0.3 is 14.2 Å². The second-order valence-corrected chi connectivity index (χ2v) is 5.75. The first-order valence-corrected chi connectivity index (χ1v) is 8.08. The fraction of sp³-hybridized carbons (Fsp3) is 0.300. The fourth-order valence-corrected chi connectivity index (χ4v) is 2.57. The number of nitrogens with zero attached hydrogens (tertiary/aromatic N) is 2. The summed E-state index contributed by atoms with van der Waals surface area (Å²) in [6.07, 6.45) is 0. The van der Waals surface area contributed by atoms with Crippen molar-refractivity contribution >= 4 is 5.97 Å². The lowest BCUT2D eigenvalue weighted by atomic mass is 10.1. The van der Waals surface area contributed by atoms with E-state index < -0.39 is 0 Å². The molecule has 0 saturated heterocycles. The first-order chi connectivity index (χ1) is 12.6. The van der Waals surface area contributed by atoms with Gasteiger partial charge in [0, 0.05) is 19.2 Å². The maximum Gasteiger partial charge on any atom is 0.319 e. The SMILES string of the molecule is COC(=O)CN(Cc1ccc(C#N)cc1)Cc1cc(OC)cc(OC)c1. The maximum absolute atomic E-state index is 11.8. The summed E-state index contributed by atoms with van der Waals surface area (Å²) < 4.78 is 15.4. The molecule has 0 radical (unpaired) electrons. The smallest absolute Gasteiger partial charge is 0.319 e. The monoisotopic (exact) mass is 354 g/mol. The highest BCUT2D eigenvalue weighted by Gasteiger charge is 2.14. The molecule has 6 heteroatoms. The third-order valence-corrected chi connectivity index (χ3v) is 3.89. The molecule has 0 heterocycles. The lowest BCUT2D eigenvalue weighted by Crippen LogP contribution is -2.29. The molecular formula is C20H22N2O4. The summed E-state index contributed by atoms with van der Waals surface area (Å²) in [5, 5.41) is 8.91. The Balaban J connectivity index is 2.21. The van der Waals surface area contributed by atoms with Crippen LogP contribution in [-0.2, 0) is 22.6 Å². The third-order valence-electron chi connectivity index (χ3n) is 3.89. The number of methoxy groups -OCH3 is 3. The Morgan fingerprint density at radius 3 is 2.04 bits per heavy atom. The zero-order valence-electron chi connectivity index (χ0n) is 15.2. The molecule has 0 atom stereocenters. The molecule has 26 heavy (non-hydrogen) atoms. The van der Waals surface area contributed by atoms with Crippen LogP contribution in [0.3, 0.4) is 0 Å². The van der Waals surface area contributed by atoms with Crippen molar-refractivity contribution in [2.24, 2.45) is 0 Å². The number of carbonyl (C=O) groups excluding carboxylic acids is 1. The number of nitriles is 1. The van der Waals surface area contributed by atoms with E-state index in [0.29, 0.717) is 30.2 Å². The highest BCUT2D eigenvalue weighted by molar-refractivity contribution is 5.71. The minimum Gasteiger partial charge on any atom is -0.497 e. The van der Waals surface area contributed by atoms with Gasteiger partial charge in [0.05, 0.1) is 39.5 Å². The second kappa shape index (κ2) is 9.44. The molecule has 136 valence electrons. The standard InChI is InChI=1S/C20H22N2O4/c1-24-18-8-17(9-19(10-18)25-2)13-22(14-20(23)26-3)12-16-6-4-15(11-21)5-7-16/h4-10H,12-14H2,1-3H3. The maximum atomic E-state index is 11.8. The molecule has 0 bridgehead atoms. The Labute approximate surface area is 153 Å². The van der Waals surface area contributed by atoms with Crippen LogP contribution in [0, 0.1) is 11.3 Å². The van der Waals surface area contributed by atoms with Gasteiger partial charge in [-0.25, -0.2) is 0 Å². The number of ether oxygens (including phenoxy) is 3. The average molecular weight is 354 g/mol. The van der Waals surface area contributed by atoms with Gasteiger partial charge in [0.1, 0.15) is 11.5 Å². The van der Waals surface area contributed by atoms with Gasteiger partial charge in [0.2, 0.25) is 0 Å². The topological polar surface area (TPSA) is 71.8 Å². The summed E-state index contributed by atoms with van der Waals surface area (Å²) in [6, 6.07) is 15.0. The highest BCUT2D eigenvalue weighted by atomic mass is 16.5. The van der Waals surface area contributed by atoms with Crippen molar-refractivity contribution in [1.82, 2.24) is 4.90 Å². The molecule has 2 aromatic carbocycles. The Kier molecular flexibility index (Phi) is 7.01. The predicted octanol–water partition coefficient (Wildman–Crippen LogP) is 2.75. The van der Waals surface area contributed by atoms with Crippen molar-refractivity contribution in [2.45, 2.75) is 13.1 Å². The predicted molar refractivity (Wildman–Crippen MR) is 96.8 cm³/mol. The van der Waals surface area contributed by atoms with Gasteiger partial charge in [-0.3, -0.25) is 9.69 Å². The number of benzene rings is 2. The van der Waals surface area contributed by atoms with Gasteiger partial charge >= 0.3 is 5.97 Å². The van der Waals surface area contributed by atoms with E-state index in [1.54, 1.807) is 32.4 Å². The third kappa shape index (κ3) is 5.50. The van der Waals surface area contributed by atoms with Crippen LogP contribution in [0.2, 0.25) is 0 Å². The zero-order chi connectivity index (χ0) is 18.9. The molecule has 0 amide bonds. The molecular weight excluding hydrogens is 332 g/mol. The Bertz CT molecular complexity index is 759. The molecule has 2 aromatic rings. The second-order valence-electron chi connectivity index (χ2n) is 5.75. The summed E-state index contributed by atoms with van der Waals surface area (Å²) in [5.74, 6) is 1.07. The van der Waals surface area contributed by atoms with Crippen LogP contribution < -0.4 is 9.47 Å². The van der Waals surface area contributed by atoms with Crippen molar-refractivity contribution < 1.29 is 19.0 Å². The van der Waals surface area contributed by atoms with E-state index in [9.17, 15) is 4.79 Å². The Hall–Kier alpha value is -3.04. The van der Waals surface area contributed by atoms with Crippen molar-refractivity contribution in [3.63, 3.8) is 0 Å². The van der Waals surface area contributed by atoms with Gasteiger partial charge in [0.15, 0.2) is 0 Å². The van der Waals surface area contributed by atoms with E-state index in [-0.39, 0.29) is 12.5 Å². The summed E-state index contributed by atoms with van der Waals surface area (Å²) in [7, 11) is 4.57. The van der Waals surface area contributed by atoms with Crippen LogP contribution >= 0.6 is 0 Å². The summed E-state index contributed by atoms with van der Waals surface area (Å²) >= 11 is 0. The first kappa shape index (κ1) is 19.3. The van der Waals surface area contributed by atoms with Gasteiger partial charge in [0.25, 0.3) is 0 Å². The van der Waals surface area contributed by atoms with Gasteiger partial charge in [-0.1, -0.05) is 12.1 Å². The Morgan fingerprint density at radius 2 is 1.54 bits per heavy atom. The molecule has 6 nitrogen and oxygen atoms in total. The van der Waals surface area contributed by atoms with Gasteiger partial charge in [-0.05, 0) is 35.4 Å². The molecule has 0 saturated carbocycles. The molecule has 0 aliphatic rings. The summed E-state index contributed by atoms with van der Waals surface area (Å²) in [6.45, 7) is 1.21. The van der Waals surface area contributed by atoms with Crippen molar-refractivity contribution in [1.29, 1.82) is 5.26 Å². The normalized spacial score (nSPS) is 10.3. The summed E-state index contributed by atoms with van der Waals surface area (Å²) in [5.41, 5.74) is 2.56. The molecule has 0 unspecified atom stereocenters. The van der Waals surface area contributed by atoms with E-state index >= 15 is 0 Å². The molecule has 0 N–H and O–H groups in total. The molecule has 0 aromatic heterocycles. The molecule has 0 aliphatic heterocycles. The van der Waals surface area contributed by atoms with E-state index in [1.807, 2.05) is 29.2 Å².